The van der Waals surface area contributed by atoms with Crippen molar-refractivity contribution in [2.75, 3.05) is 24.6 Å². The summed E-state index contributed by atoms with van der Waals surface area (Å²) in [5.41, 5.74) is 0. The molecule has 0 amide bonds. The minimum absolute atomic E-state index is 0.000391. The number of rotatable bonds is 6. The average molecular weight is 304 g/mol. The molecule has 0 fully saturated rings. The standard InChI is InChI=1S/C18H26P2/c1-5-19(6-2)17-14-13-15-11-9-10-12-16(15)18(17)20(7-3)8-4/h9-14H,5-8H2,1-4H3. The highest BCUT2D eigenvalue weighted by molar-refractivity contribution is 7.72. The smallest absolute Gasteiger partial charge is 0.00859 e. The Balaban J connectivity index is 2.70. The summed E-state index contributed by atoms with van der Waals surface area (Å²) in [6.45, 7) is 9.44. The molecule has 0 heterocycles. The maximum atomic E-state index is 2.44. The van der Waals surface area contributed by atoms with Crippen LogP contribution in [-0.2, 0) is 0 Å². The van der Waals surface area contributed by atoms with Crippen molar-refractivity contribution in [3.63, 3.8) is 0 Å². The Morgan fingerprint density at radius 3 is 1.90 bits per heavy atom. The Morgan fingerprint density at radius 1 is 0.700 bits per heavy atom. The summed E-state index contributed by atoms with van der Waals surface area (Å²) in [5, 5.41) is 6.36. The van der Waals surface area contributed by atoms with Crippen molar-refractivity contribution in [1.29, 1.82) is 0 Å². The molecule has 0 radical (unpaired) electrons. The Labute approximate surface area is 126 Å². The van der Waals surface area contributed by atoms with Gasteiger partial charge in [0.05, 0.1) is 0 Å². The van der Waals surface area contributed by atoms with Crippen LogP contribution in [0.4, 0.5) is 0 Å². The van der Waals surface area contributed by atoms with Gasteiger partial charge in [-0.2, -0.15) is 0 Å². The molecule has 0 nitrogen and oxygen atoms in total. The van der Waals surface area contributed by atoms with Crippen molar-refractivity contribution in [1.82, 2.24) is 0 Å². The van der Waals surface area contributed by atoms with Gasteiger partial charge < -0.3 is 0 Å². The lowest BCUT2D eigenvalue weighted by molar-refractivity contribution is 1.42. The molecule has 0 spiro atoms. The third kappa shape index (κ3) is 3.08. The first-order chi connectivity index (χ1) is 9.76. The fourth-order valence-corrected chi connectivity index (χ4v) is 7.64. The van der Waals surface area contributed by atoms with E-state index < -0.39 is 0 Å². The van der Waals surface area contributed by atoms with Crippen LogP contribution in [0.3, 0.4) is 0 Å². The van der Waals surface area contributed by atoms with Crippen molar-refractivity contribution >= 4 is 37.2 Å². The van der Waals surface area contributed by atoms with Crippen LogP contribution in [0.2, 0.25) is 0 Å². The summed E-state index contributed by atoms with van der Waals surface area (Å²) in [6, 6.07) is 13.8. The zero-order chi connectivity index (χ0) is 14.5. The molecular weight excluding hydrogens is 278 g/mol. The predicted molar refractivity (Wildman–Crippen MR) is 99.2 cm³/mol. The van der Waals surface area contributed by atoms with Crippen molar-refractivity contribution < 1.29 is 0 Å². The van der Waals surface area contributed by atoms with Crippen LogP contribution in [-0.4, -0.2) is 24.6 Å². The van der Waals surface area contributed by atoms with E-state index >= 15 is 0 Å². The Morgan fingerprint density at radius 2 is 1.30 bits per heavy atom. The second-order valence-corrected chi connectivity index (χ2v) is 10.6. The first-order valence-electron chi connectivity index (χ1n) is 7.78. The monoisotopic (exact) mass is 304 g/mol. The first-order valence-corrected chi connectivity index (χ1v) is 11.2. The summed E-state index contributed by atoms with van der Waals surface area (Å²) < 4.78 is 0. The third-order valence-electron chi connectivity index (χ3n) is 4.06. The normalized spacial score (nSPS) is 11.7. The lowest BCUT2D eigenvalue weighted by Crippen LogP contribution is -2.25. The predicted octanol–water partition coefficient (Wildman–Crippen LogP) is 5.13. The molecule has 108 valence electrons. The fourth-order valence-electron chi connectivity index (χ4n) is 2.94. The minimum Gasteiger partial charge on any atom is -0.0751 e. The molecular formula is C18H26P2. The summed E-state index contributed by atoms with van der Waals surface area (Å²) >= 11 is 0. The van der Waals surface area contributed by atoms with E-state index in [2.05, 4.69) is 64.1 Å². The Bertz CT molecular complexity index is 554. The Hall–Kier alpha value is -0.440. The second-order valence-electron chi connectivity index (χ2n) is 5.00. The van der Waals surface area contributed by atoms with Gasteiger partial charge in [0.25, 0.3) is 0 Å². The van der Waals surface area contributed by atoms with Crippen LogP contribution in [0.1, 0.15) is 27.7 Å². The van der Waals surface area contributed by atoms with E-state index in [9.17, 15) is 0 Å². The molecule has 0 bridgehead atoms. The summed E-state index contributed by atoms with van der Waals surface area (Å²) in [4.78, 5) is 0. The number of hydrogen-bond acceptors (Lipinski definition) is 0. The molecule has 0 atom stereocenters. The molecule has 2 aromatic rings. The third-order valence-corrected chi connectivity index (χ3v) is 9.46. The van der Waals surface area contributed by atoms with Gasteiger partial charge in [0.2, 0.25) is 0 Å². The zero-order valence-electron chi connectivity index (χ0n) is 13.2. The van der Waals surface area contributed by atoms with E-state index in [0.29, 0.717) is 0 Å². The molecule has 0 aliphatic carbocycles. The summed E-state index contributed by atoms with van der Waals surface area (Å²) in [6.07, 6.45) is 5.24. The van der Waals surface area contributed by atoms with E-state index in [0.717, 1.165) is 0 Å². The number of hydrogen-bond donors (Lipinski definition) is 0. The minimum atomic E-state index is 0.000391. The number of fused-ring (bicyclic) bond motifs is 1. The molecule has 2 aromatic carbocycles. The van der Waals surface area contributed by atoms with Crippen molar-refractivity contribution in [2.45, 2.75) is 27.7 Å². The van der Waals surface area contributed by atoms with Gasteiger partial charge in [0.15, 0.2) is 0 Å². The molecule has 0 aromatic heterocycles. The van der Waals surface area contributed by atoms with Gasteiger partial charge in [-0.25, -0.2) is 0 Å². The van der Waals surface area contributed by atoms with Crippen molar-refractivity contribution in [3.8, 4) is 0 Å². The maximum Gasteiger partial charge on any atom is -0.00859 e. The molecule has 0 N–H and O–H groups in total. The Kier molecular flexibility index (Phi) is 6.01. The fraction of sp³-hybridized carbons (Fsp3) is 0.444. The van der Waals surface area contributed by atoms with Gasteiger partial charge in [0, 0.05) is 0 Å². The SMILES string of the molecule is CCP(CC)c1ccc2ccccc2c1P(CC)CC. The van der Waals surface area contributed by atoms with Gasteiger partial charge in [-0.15, -0.1) is 0 Å². The van der Waals surface area contributed by atoms with Gasteiger partial charge >= 0.3 is 0 Å². The van der Waals surface area contributed by atoms with E-state index in [1.54, 1.807) is 10.6 Å². The summed E-state index contributed by atoms with van der Waals surface area (Å²) in [5.74, 6) is 0. The van der Waals surface area contributed by atoms with Gasteiger partial charge in [-0.3, -0.25) is 0 Å². The van der Waals surface area contributed by atoms with Gasteiger partial charge in [-0.1, -0.05) is 79.9 Å². The van der Waals surface area contributed by atoms with Crippen molar-refractivity contribution in [3.05, 3.63) is 36.4 Å². The van der Waals surface area contributed by atoms with Crippen LogP contribution in [0, 0.1) is 0 Å². The lowest BCUT2D eigenvalue weighted by Gasteiger charge is -2.25. The van der Waals surface area contributed by atoms with Gasteiger partial charge in [0.1, 0.15) is 0 Å². The van der Waals surface area contributed by atoms with E-state index in [-0.39, 0.29) is 15.8 Å². The van der Waals surface area contributed by atoms with Gasteiger partial charge in [-0.05, 0) is 46.0 Å². The quantitative estimate of drug-likeness (QED) is 0.649. The van der Waals surface area contributed by atoms with Crippen LogP contribution in [0.25, 0.3) is 10.8 Å². The van der Waals surface area contributed by atoms with Crippen LogP contribution >= 0.6 is 15.8 Å². The van der Waals surface area contributed by atoms with E-state index in [1.165, 1.54) is 35.4 Å². The molecule has 0 saturated heterocycles. The summed E-state index contributed by atoms with van der Waals surface area (Å²) in [7, 11) is 0.0274. The maximum absolute atomic E-state index is 2.44. The lowest BCUT2D eigenvalue weighted by atomic mass is 10.1. The second kappa shape index (κ2) is 7.53. The highest BCUT2D eigenvalue weighted by atomic mass is 31.1. The molecule has 0 unspecified atom stereocenters. The van der Waals surface area contributed by atoms with Crippen LogP contribution < -0.4 is 10.6 Å². The highest BCUT2D eigenvalue weighted by Gasteiger charge is 2.19. The van der Waals surface area contributed by atoms with Crippen LogP contribution in [0.5, 0.6) is 0 Å². The zero-order valence-corrected chi connectivity index (χ0v) is 15.0. The topological polar surface area (TPSA) is 0 Å². The molecule has 2 rings (SSSR count). The highest BCUT2D eigenvalue weighted by Crippen LogP contribution is 2.41. The molecule has 0 aliphatic rings. The van der Waals surface area contributed by atoms with Crippen LogP contribution in [0.15, 0.2) is 36.4 Å². The molecule has 2 heteroatoms. The largest absolute Gasteiger partial charge is 0.0751 e. The average Bonchev–Trinajstić information content (AvgIpc) is 2.51. The van der Waals surface area contributed by atoms with E-state index in [1.807, 2.05) is 0 Å². The van der Waals surface area contributed by atoms with Crippen molar-refractivity contribution in [2.24, 2.45) is 0 Å². The molecule has 0 saturated carbocycles. The number of benzene rings is 2. The molecule has 20 heavy (non-hydrogen) atoms. The molecule has 0 aliphatic heterocycles. The first kappa shape index (κ1) is 15.9. The van der Waals surface area contributed by atoms with E-state index in [4.69, 9.17) is 0 Å².